The summed E-state index contributed by atoms with van der Waals surface area (Å²) in [6.45, 7) is 0. The van der Waals surface area contributed by atoms with Crippen molar-refractivity contribution in [3.05, 3.63) is 64.2 Å². The zero-order valence-corrected chi connectivity index (χ0v) is 11.2. The molecule has 0 aromatic heterocycles. The van der Waals surface area contributed by atoms with Crippen LogP contribution in [0.4, 0.5) is 5.69 Å². The van der Waals surface area contributed by atoms with Gasteiger partial charge in [0.25, 0.3) is 5.91 Å². The molecule has 0 radical (unpaired) electrons. The second-order valence-electron chi connectivity index (χ2n) is 4.48. The largest absolute Gasteiger partial charge is 0.388 e. The highest BCUT2D eigenvalue weighted by Gasteiger charge is 2.30. The number of fused-ring (bicyclic) bond motifs is 1. The Hall–Kier alpha value is -2.00. The van der Waals surface area contributed by atoms with Crippen molar-refractivity contribution in [3.8, 4) is 0 Å². The van der Waals surface area contributed by atoms with E-state index in [-0.39, 0.29) is 11.9 Å². The van der Waals surface area contributed by atoms with Crippen LogP contribution in [0.1, 0.15) is 27.5 Å². The van der Waals surface area contributed by atoms with Gasteiger partial charge in [-0.15, -0.1) is 0 Å². The second-order valence-corrected chi connectivity index (χ2v) is 4.91. The van der Waals surface area contributed by atoms with Gasteiger partial charge in [-0.3, -0.25) is 4.79 Å². The fourth-order valence-corrected chi connectivity index (χ4v) is 2.67. The highest BCUT2D eigenvalue weighted by molar-refractivity contribution is 6.30. The minimum atomic E-state index is -0.148. The van der Waals surface area contributed by atoms with Crippen LogP contribution in [0.25, 0.3) is 0 Å². The molecule has 0 aliphatic carbocycles. The van der Waals surface area contributed by atoms with Crippen molar-refractivity contribution in [1.29, 1.82) is 0 Å². The Morgan fingerprint density at radius 2 is 1.95 bits per heavy atom. The molecule has 1 aliphatic heterocycles. The molecule has 2 aromatic rings. The highest BCUT2D eigenvalue weighted by Crippen LogP contribution is 2.35. The van der Waals surface area contributed by atoms with E-state index in [0.717, 1.165) is 22.4 Å². The van der Waals surface area contributed by atoms with Gasteiger partial charge in [-0.25, -0.2) is 0 Å². The topological polar surface area (TPSA) is 41.1 Å². The smallest absolute Gasteiger partial charge is 0.252 e. The number of benzene rings is 2. The normalized spacial score (nSPS) is 16.9. The summed E-state index contributed by atoms with van der Waals surface area (Å²) in [6, 6.07) is 13.1. The molecule has 0 saturated carbocycles. The molecule has 3 nitrogen and oxygen atoms in total. The lowest BCUT2D eigenvalue weighted by atomic mass is 9.97. The van der Waals surface area contributed by atoms with Gasteiger partial charge < -0.3 is 10.6 Å². The summed E-state index contributed by atoms with van der Waals surface area (Å²) in [7, 11) is 1.86. The third-order valence-corrected chi connectivity index (χ3v) is 3.62. The number of rotatable bonds is 2. The minimum absolute atomic E-state index is 0.0392. The number of amides is 1. The molecule has 0 spiro atoms. The molecule has 3 rings (SSSR count). The van der Waals surface area contributed by atoms with Crippen molar-refractivity contribution in [3.63, 3.8) is 0 Å². The lowest BCUT2D eigenvalue weighted by Crippen LogP contribution is -2.20. The predicted molar refractivity (Wildman–Crippen MR) is 76.7 cm³/mol. The fraction of sp³-hybridized carbons (Fsp3) is 0.133. The van der Waals surface area contributed by atoms with Gasteiger partial charge in [0, 0.05) is 28.9 Å². The molecule has 2 N–H and O–H groups in total. The van der Waals surface area contributed by atoms with Gasteiger partial charge in [0.15, 0.2) is 0 Å². The van der Waals surface area contributed by atoms with Crippen LogP contribution >= 0.6 is 11.6 Å². The first-order valence-corrected chi connectivity index (χ1v) is 6.45. The fourth-order valence-electron chi connectivity index (χ4n) is 2.49. The lowest BCUT2D eigenvalue weighted by molar-refractivity contribution is 0.0960. The molecule has 19 heavy (non-hydrogen) atoms. The van der Waals surface area contributed by atoms with E-state index in [4.69, 9.17) is 11.6 Å². The van der Waals surface area contributed by atoms with Crippen LogP contribution in [0.2, 0.25) is 5.02 Å². The van der Waals surface area contributed by atoms with E-state index in [9.17, 15) is 4.79 Å². The Balaban J connectivity index is 2.14. The van der Waals surface area contributed by atoms with E-state index in [2.05, 4.69) is 10.6 Å². The molecule has 1 aliphatic rings. The molecule has 0 saturated heterocycles. The first kappa shape index (κ1) is 12.1. The molecular formula is C15H13ClN2O. The monoisotopic (exact) mass is 272 g/mol. The molecule has 1 unspecified atom stereocenters. The van der Waals surface area contributed by atoms with Gasteiger partial charge in [0.1, 0.15) is 0 Å². The zero-order valence-electron chi connectivity index (χ0n) is 10.4. The summed E-state index contributed by atoms with van der Waals surface area (Å²) >= 11 is 6.08. The number of anilines is 1. The SMILES string of the molecule is CNc1ccc(Cl)cc1C1NC(=O)c2ccccc21. The van der Waals surface area contributed by atoms with Gasteiger partial charge in [0.2, 0.25) is 0 Å². The summed E-state index contributed by atoms with van der Waals surface area (Å²) < 4.78 is 0. The van der Waals surface area contributed by atoms with Crippen molar-refractivity contribution in [2.24, 2.45) is 0 Å². The van der Waals surface area contributed by atoms with Gasteiger partial charge in [-0.1, -0.05) is 29.8 Å². The second kappa shape index (κ2) is 4.59. The van der Waals surface area contributed by atoms with Crippen molar-refractivity contribution in [1.82, 2.24) is 5.32 Å². The maximum Gasteiger partial charge on any atom is 0.252 e. The van der Waals surface area contributed by atoms with Crippen molar-refractivity contribution in [2.45, 2.75) is 6.04 Å². The zero-order chi connectivity index (χ0) is 13.4. The van der Waals surface area contributed by atoms with E-state index >= 15 is 0 Å². The Bertz CT molecular complexity index is 654. The summed E-state index contributed by atoms with van der Waals surface area (Å²) in [5.41, 5.74) is 3.67. The Morgan fingerprint density at radius 1 is 1.16 bits per heavy atom. The Labute approximate surface area is 116 Å². The number of carbonyl (C=O) groups is 1. The van der Waals surface area contributed by atoms with Gasteiger partial charge >= 0.3 is 0 Å². The Kier molecular flexibility index (Phi) is 2.91. The standard InChI is InChI=1S/C15H13ClN2O/c1-17-13-7-6-9(16)8-12(13)14-10-4-2-3-5-11(10)15(19)18-14/h2-8,14,17H,1H3,(H,18,19). The first-order chi connectivity index (χ1) is 9.20. The van der Waals surface area contributed by atoms with Crippen LogP contribution in [0, 0.1) is 0 Å². The molecule has 2 aromatic carbocycles. The summed E-state index contributed by atoms with van der Waals surface area (Å²) in [4.78, 5) is 12.0. The Morgan fingerprint density at radius 3 is 2.74 bits per heavy atom. The van der Waals surface area contributed by atoms with Gasteiger partial charge in [0.05, 0.1) is 6.04 Å². The third-order valence-electron chi connectivity index (χ3n) is 3.39. The first-order valence-electron chi connectivity index (χ1n) is 6.07. The van der Waals surface area contributed by atoms with Crippen molar-refractivity contribution >= 4 is 23.2 Å². The van der Waals surface area contributed by atoms with Gasteiger partial charge in [-0.2, -0.15) is 0 Å². The quantitative estimate of drug-likeness (QED) is 0.881. The van der Waals surface area contributed by atoms with Crippen LogP contribution in [0.5, 0.6) is 0 Å². The van der Waals surface area contributed by atoms with E-state index in [0.29, 0.717) is 5.02 Å². The van der Waals surface area contributed by atoms with E-state index in [1.54, 1.807) is 0 Å². The van der Waals surface area contributed by atoms with E-state index in [1.807, 2.05) is 49.5 Å². The number of halogens is 1. The maximum absolute atomic E-state index is 12.0. The molecule has 1 atom stereocenters. The van der Waals surface area contributed by atoms with Gasteiger partial charge in [-0.05, 0) is 29.8 Å². The number of carbonyl (C=O) groups excluding carboxylic acids is 1. The number of hydrogen-bond acceptors (Lipinski definition) is 2. The summed E-state index contributed by atoms with van der Waals surface area (Å²) in [5.74, 6) is -0.0392. The van der Waals surface area contributed by atoms with Crippen molar-refractivity contribution < 1.29 is 4.79 Å². The van der Waals surface area contributed by atoms with Crippen LogP contribution in [0.3, 0.4) is 0 Å². The number of hydrogen-bond donors (Lipinski definition) is 2. The lowest BCUT2D eigenvalue weighted by Gasteiger charge is -2.17. The highest BCUT2D eigenvalue weighted by atomic mass is 35.5. The van der Waals surface area contributed by atoms with Crippen molar-refractivity contribution in [2.75, 3.05) is 12.4 Å². The maximum atomic E-state index is 12.0. The molecule has 0 bridgehead atoms. The summed E-state index contributed by atoms with van der Waals surface area (Å²) in [6.07, 6.45) is 0. The average molecular weight is 273 g/mol. The van der Waals surface area contributed by atoms with Crippen LogP contribution in [-0.2, 0) is 0 Å². The molecule has 4 heteroatoms. The van der Waals surface area contributed by atoms with E-state index < -0.39 is 0 Å². The van der Waals surface area contributed by atoms with Crippen LogP contribution < -0.4 is 10.6 Å². The van der Waals surface area contributed by atoms with E-state index in [1.165, 1.54) is 0 Å². The predicted octanol–water partition coefficient (Wildman–Crippen LogP) is 3.21. The molecule has 1 heterocycles. The summed E-state index contributed by atoms with van der Waals surface area (Å²) in [5, 5.41) is 6.80. The average Bonchev–Trinajstić information content (AvgIpc) is 2.77. The number of nitrogens with one attached hydrogen (secondary N) is 2. The van der Waals surface area contributed by atoms with Crippen LogP contribution in [-0.4, -0.2) is 13.0 Å². The van der Waals surface area contributed by atoms with Crippen LogP contribution in [0.15, 0.2) is 42.5 Å². The molecule has 1 amide bonds. The third kappa shape index (κ3) is 1.96. The molecular weight excluding hydrogens is 260 g/mol. The minimum Gasteiger partial charge on any atom is -0.388 e. The molecule has 96 valence electrons. The molecule has 0 fully saturated rings.